The van der Waals surface area contributed by atoms with Gasteiger partial charge in [-0.1, -0.05) is 12.8 Å². The van der Waals surface area contributed by atoms with Crippen LogP contribution >= 0.6 is 0 Å². The van der Waals surface area contributed by atoms with Crippen LogP contribution < -0.4 is 5.73 Å². The lowest BCUT2D eigenvalue weighted by Gasteiger charge is -2.29. The lowest BCUT2D eigenvalue weighted by atomic mass is 9.98. The predicted octanol–water partition coefficient (Wildman–Crippen LogP) is 1.72. The molecule has 2 nitrogen and oxygen atoms in total. The normalized spacial score (nSPS) is 21.4. The second kappa shape index (κ2) is 2.94. The van der Waals surface area contributed by atoms with Crippen molar-refractivity contribution in [3.63, 3.8) is 0 Å². The van der Waals surface area contributed by atoms with E-state index in [9.17, 15) is 0 Å². The first-order valence-electron chi connectivity index (χ1n) is 4.71. The van der Waals surface area contributed by atoms with E-state index in [1.54, 1.807) is 0 Å². The van der Waals surface area contributed by atoms with E-state index in [1.807, 2.05) is 0 Å². The summed E-state index contributed by atoms with van der Waals surface area (Å²) in [6.45, 7) is 0.779. The Bertz CT molecular complexity index is 232. The second-order valence-electron chi connectivity index (χ2n) is 3.73. The van der Waals surface area contributed by atoms with E-state index in [0.29, 0.717) is 0 Å². The highest BCUT2D eigenvalue weighted by Gasteiger charge is 2.33. The first kappa shape index (κ1) is 7.87. The highest BCUT2D eigenvalue weighted by molar-refractivity contribution is 5.01. The summed E-state index contributed by atoms with van der Waals surface area (Å²) in [5, 5.41) is 0. The molecule has 1 aromatic rings. The molecule has 1 heterocycles. The molecule has 0 radical (unpaired) electrons. The van der Waals surface area contributed by atoms with Gasteiger partial charge in [0.15, 0.2) is 0 Å². The van der Waals surface area contributed by atoms with E-state index in [4.69, 9.17) is 5.73 Å². The SMILES string of the molecule is NCC1(n2cccc2)CCCC1. The Balaban J connectivity index is 2.28. The van der Waals surface area contributed by atoms with Crippen molar-refractivity contribution in [1.29, 1.82) is 0 Å². The van der Waals surface area contributed by atoms with E-state index in [0.717, 1.165) is 6.54 Å². The summed E-state index contributed by atoms with van der Waals surface area (Å²) in [6, 6.07) is 4.16. The van der Waals surface area contributed by atoms with Gasteiger partial charge < -0.3 is 10.3 Å². The molecular formula is C10H16N2. The molecule has 1 saturated carbocycles. The van der Waals surface area contributed by atoms with Crippen LogP contribution in [-0.2, 0) is 5.54 Å². The number of nitrogens with two attached hydrogens (primary N) is 1. The lowest BCUT2D eigenvalue weighted by molar-refractivity contribution is 0.305. The van der Waals surface area contributed by atoms with Crippen LogP contribution in [0.25, 0.3) is 0 Å². The third-order valence-electron chi connectivity index (χ3n) is 3.07. The maximum atomic E-state index is 5.84. The third kappa shape index (κ3) is 1.07. The topological polar surface area (TPSA) is 30.9 Å². The molecule has 0 atom stereocenters. The summed E-state index contributed by atoms with van der Waals surface area (Å²) < 4.78 is 2.29. The fourth-order valence-electron chi connectivity index (χ4n) is 2.25. The van der Waals surface area contributed by atoms with Crippen molar-refractivity contribution in [3.05, 3.63) is 24.5 Å². The van der Waals surface area contributed by atoms with E-state index in [1.165, 1.54) is 25.7 Å². The molecular weight excluding hydrogens is 148 g/mol. The van der Waals surface area contributed by atoms with Gasteiger partial charge in [-0.05, 0) is 25.0 Å². The van der Waals surface area contributed by atoms with Gasteiger partial charge in [0.2, 0.25) is 0 Å². The number of rotatable bonds is 2. The Hall–Kier alpha value is -0.760. The monoisotopic (exact) mass is 164 g/mol. The summed E-state index contributed by atoms with van der Waals surface area (Å²) in [7, 11) is 0. The Morgan fingerprint density at radius 3 is 2.25 bits per heavy atom. The Labute approximate surface area is 73.4 Å². The van der Waals surface area contributed by atoms with Gasteiger partial charge in [0.05, 0.1) is 5.54 Å². The minimum atomic E-state index is 0.253. The standard InChI is InChI=1S/C10H16N2/c11-9-10(5-1-2-6-10)12-7-3-4-8-12/h3-4,7-8H,1-2,5-6,9,11H2. The summed E-state index contributed by atoms with van der Waals surface area (Å²) in [4.78, 5) is 0. The van der Waals surface area contributed by atoms with Crippen LogP contribution in [0.15, 0.2) is 24.5 Å². The number of hydrogen-bond donors (Lipinski definition) is 1. The van der Waals surface area contributed by atoms with Crippen LogP contribution in [-0.4, -0.2) is 11.1 Å². The van der Waals surface area contributed by atoms with Crippen molar-refractivity contribution in [3.8, 4) is 0 Å². The van der Waals surface area contributed by atoms with E-state index < -0.39 is 0 Å². The van der Waals surface area contributed by atoms with Crippen molar-refractivity contribution in [2.24, 2.45) is 5.73 Å². The summed E-state index contributed by atoms with van der Waals surface area (Å²) in [5.41, 5.74) is 6.09. The fraction of sp³-hybridized carbons (Fsp3) is 0.600. The average molecular weight is 164 g/mol. The van der Waals surface area contributed by atoms with Gasteiger partial charge in [0.1, 0.15) is 0 Å². The molecule has 2 heteroatoms. The minimum Gasteiger partial charge on any atom is -0.347 e. The molecule has 1 aromatic heterocycles. The molecule has 12 heavy (non-hydrogen) atoms. The highest BCUT2D eigenvalue weighted by atomic mass is 15.1. The lowest BCUT2D eigenvalue weighted by Crippen LogP contribution is -2.37. The van der Waals surface area contributed by atoms with Crippen molar-refractivity contribution < 1.29 is 0 Å². The largest absolute Gasteiger partial charge is 0.347 e. The summed E-state index contributed by atoms with van der Waals surface area (Å²) in [6.07, 6.45) is 9.43. The van der Waals surface area contributed by atoms with Crippen molar-refractivity contribution in [1.82, 2.24) is 4.57 Å². The van der Waals surface area contributed by atoms with Crippen LogP contribution in [0, 0.1) is 0 Å². The zero-order valence-electron chi connectivity index (χ0n) is 7.37. The van der Waals surface area contributed by atoms with Crippen LogP contribution in [0.2, 0.25) is 0 Å². The molecule has 1 fully saturated rings. The Morgan fingerprint density at radius 1 is 1.17 bits per heavy atom. The number of nitrogens with zero attached hydrogens (tertiary/aromatic N) is 1. The van der Waals surface area contributed by atoms with Crippen LogP contribution in [0.5, 0.6) is 0 Å². The van der Waals surface area contributed by atoms with Crippen LogP contribution in [0.4, 0.5) is 0 Å². The molecule has 0 aliphatic heterocycles. The van der Waals surface area contributed by atoms with Gasteiger partial charge >= 0.3 is 0 Å². The molecule has 0 spiro atoms. The van der Waals surface area contributed by atoms with Gasteiger partial charge in [-0.2, -0.15) is 0 Å². The van der Waals surface area contributed by atoms with Gasteiger partial charge in [-0.15, -0.1) is 0 Å². The van der Waals surface area contributed by atoms with E-state index in [-0.39, 0.29) is 5.54 Å². The van der Waals surface area contributed by atoms with E-state index in [2.05, 4.69) is 29.1 Å². The van der Waals surface area contributed by atoms with Crippen molar-refractivity contribution >= 4 is 0 Å². The number of hydrogen-bond acceptors (Lipinski definition) is 1. The molecule has 0 aromatic carbocycles. The highest BCUT2D eigenvalue weighted by Crippen LogP contribution is 2.35. The molecule has 0 saturated heterocycles. The van der Waals surface area contributed by atoms with Gasteiger partial charge in [-0.3, -0.25) is 0 Å². The molecule has 2 N–H and O–H groups in total. The first-order chi connectivity index (χ1) is 5.87. The fourth-order valence-corrected chi connectivity index (χ4v) is 2.25. The molecule has 1 aliphatic carbocycles. The molecule has 0 unspecified atom stereocenters. The van der Waals surface area contributed by atoms with Crippen LogP contribution in [0.3, 0.4) is 0 Å². The maximum absolute atomic E-state index is 5.84. The van der Waals surface area contributed by atoms with Gasteiger partial charge in [0.25, 0.3) is 0 Å². The quantitative estimate of drug-likeness (QED) is 0.709. The molecule has 0 amide bonds. The van der Waals surface area contributed by atoms with Gasteiger partial charge in [0, 0.05) is 18.9 Å². The maximum Gasteiger partial charge on any atom is 0.0561 e. The smallest absolute Gasteiger partial charge is 0.0561 e. The first-order valence-corrected chi connectivity index (χ1v) is 4.71. The molecule has 2 rings (SSSR count). The van der Waals surface area contributed by atoms with Crippen molar-refractivity contribution in [2.45, 2.75) is 31.2 Å². The van der Waals surface area contributed by atoms with Crippen LogP contribution in [0.1, 0.15) is 25.7 Å². The van der Waals surface area contributed by atoms with E-state index >= 15 is 0 Å². The summed E-state index contributed by atoms with van der Waals surface area (Å²) in [5.74, 6) is 0. The van der Waals surface area contributed by atoms with Crippen molar-refractivity contribution in [2.75, 3.05) is 6.54 Å². The van der Waals surface area contributed by atoms with Gasteiger partial charge in [-0.25, -0.2) is 0 Å². The Morgan fingerprint density at radius 2 is 1.75 bits per heavy atom. The predicted molar refractivity (Wildman–Crippen MR) is 49.9 cm³/mol. The minimum absolute atomic E-state index is 0.253. The molecule has 1 aliphatic rings. The summed E-state index contributed by atoms with van der Waals surface area (Å²) >= 11 is 0. The average Bonchev–Trinajstić information content (AvgIpc) is 2.76. The Kier molecular flexibility index (Phi) is 1.93. The molecule has 0 bridgehead atoms. The zero-order chi connectivity index (χ0) is 8.44. The second-order valence-corrected chi connectivity index (χ2v) is 3.73. The third-order valence-corrected chi connectivity index (χ3v) is 3.07. The number of aromatic nitrogens is 1. The zero-order valence-corrected chi connectivity index (χ0v) is 7.37. The molecule has 66 valence electrons.